The number of halogens is 1. The van der Waals surface area contributed by atoms with E-state index < -0.39 is 0 Å². The van der Waals surface area contributed by atoms with Gasteiger partial charge in [0.15, 0.2) is 11.5 Å². The summed E-state index contributed by atoms with van der Waals surface area (Å²) in [5.74, 6) is 0.187. The normalized spacial score (nSPS) is 15.9. The first-order valence-corrected chi connectivity index (χ1v) is 7.58. The van der Waals surface area contributed by atoms with Gasteiger partial charge in [-0.3, -0.25) is 9.69 Å². The average molecular weight is 372 g/mol. The van der Waals surface area contributed by atoms with E-state index in [0.29, 0.717) is 35.5 Å². The Labute approximate surface area is 137 Å². The second-order valence-corrected chi connectivity index (χ2v) is 5.58. The number of morpholine rings is 1. The summed E-state index contributed by atoms with van der Waals surface area (Å²) in [6.07, 6.45) is 1.49. The first-order chi connectivity index (χ1) is 10.6. The lowest BCUT2D eigenvalue weighted by molar-refractivity contribution is -0.123. The molecule has 2 rings (SSSR count). The number of hydrogen-bond donors (Lipinski definition) is 2. The Bertz CT molecular complexity index is 559. The molecule has 0 spiro atoms. The lowest BCUT2D eigenvalue weighted by atomic mass is 10.2. The number of aromatic hydroxyl groups is 1. The molecule has 1 aromatic rings. The van der Waals surface area contributed by atoms with Gasteiger partial charge >= 0.3 is 0 Å². The van der Waals surface area contributed by atoms with Crippen molar-refractivity contribution in [3.63, 3.8) is 0 Å². The summed E-state index contributed by atoms with van der Waals surface area (Å²) in [6, 6.07) is 3.13. The van der Waals surface area contributed by atoms with E-state index in [1.54, 1.807) is 6.07 Å². The average Bonchev–Trinajstić information content (AvgIpc) is 2.50. The number of carbonyl (C=O) groups is 1. The summed E-state index contributed by atoms with van der Waals surface area (Å²) in [5.41, 5.74) is 3.16. The van der Waals surface area contributed by atoms with Gasteiger partial charge in [0.25, 0.3) is 5.91 Å². The molecular weight excluding hydrogens is 354 g/mol. The van der Waals surface area contributed by atoms with Crippen LogP contribution >= 0.6 is 15.9 Å². The van der Waals surface area contributed by atoms with E-state index in [1.165, 1.54) is 19.4 Å². The van der Waals surface area contributed by atoms with Crippen LogP contribution in [-0.4, -0.2) is 62.1 Å². The monoisotopic (exact) mass is 371 g/mol. The molecule has 0 unspecified atom stereocenters. The number of benzene rings is 1. The minimum Gasteiger partial charge on any atom is -0.504 e. The van der Waals surface area contributed by atoms with Crippen molar-refractivity contribution in [1.82, 2.24) is 10.3 Å². The van der Waals surface area contributed by atoms with Crippen molar-refractivity contribution in [3.8, 4) is 11.5 Å². The van der Waals surface area contributed by atoms with E-state index >= 15 is 0 Å². The summed E-state index contributed by atoms with van der Waals surface area (Å²) >= 11 is 3.32. The highest BCUT2D eigenvalue weighted by Crippen LogP contribution is 2.31. The van der Waals surface area contributed by atoms with Gasteiger partial charge < -0.3 is 14.6 Å². The molecule has 1 amide bonds. The van der Waals surface area contributed by atoms with Gasteiger partial charge in [-0.1, -0.05) is 0 Å². The van der Waals surface area contributed by atoms with Gasteiger partial charge in [0.2, 0.25) is 0 Å². The number of rotatable bonds is 5. The van der Waals surface area contributed by atoms with E-state index in [-0.39, 0.29) is 11.7 Å². The summed E-state index contributed by atoms with van der Waals surface area (Å²) in [4.78, 5) is 13.8. The predicted molar refractivity (Wildman–Crippen MR) is 85.4 cm³/mol. The zero-order valence-corrected chi connectivity index (χ0v) is 13.8. The van der Waals surface area contributed by atoms with Crippen molar-refractivity contribution in [2.45, 2.75) is 0 Å². The highest BCUT2D eigenvalue weighted by molar-refractivity contribution is 9.10. The van der Waals surface area contributed by atoms with E-state index in [1.807, 2.05) is 4.90 Å². The molecule has 22 heavy (non-hydrogen) atoms. The molecular formula is C14H18BrN3O4. The lowest BCUT2D eigenvalue weighted by Crippen LogP contribution is -2.42. The highest BCUT2D eigenvalue weighted by atomic mass is 79.9. The van der Waals surface area contributed by atoms with E-state index in [4.69, 9.17) is 9.47 Å². The fourth-order valence-electron chi connectivity index (χ4n) is 1.99. The molecule has 1 aliphatic heterocycles. The molecule has 0 aliphatic carbocycles. The number of nitrogens with zero attached hydrogens (tertiary/aromatic N) is 2. The molecule has 2 N–H and O–H groups in total. The molecule has 8 heteroatoms. The maximum Gasteiger partial charge on any atom is 0.254 e. The Morgan fingerprint density at radius 3 is 2.95 bits per heavy atom. The van der Waals surface area contributed by atoms with Crippen LogP contribution in [0.25, 0.3) is 0 Å². The van der Waals surface area contributed by atoms with Crippen LogP contribution in [0.2, 0.25) is 0 Å². The van der Waals surface area contributed by atoms with Crippen molar-refractivity contribution in [3.05, 3.63) is 22.2 Å². The Morgan fingerprint density at radius 2 is 2.27 bits per heavy atom. The summed E-state index contributed by atoms with van der Waals surface area (Å²) in [7, 11) is 1.47. The van der Waals surface area contributed by atoms with Gasteiger partial charge in [0.05, 0.1) is 33.1 Å². The quantitative estimate of drug-likeness (QED) is 0.594. The van der Waals surface area contributed by atoms with Crippen molar-refractivity contribution < 1.29 is 19.4 Å². The third kappa shape index (κ3) is 4.69. The van der Waals surface area contributed by atoms with Crippen LogP contribution in [0.15, 0.2) is 21.7 Å². The smallest absolute Gasteiger partial charge is 0.254 e. The molecule has 1 saturated heterocycles. The van der Waals surface area contributed by atoms with Crippen molar-refractivity contribution in [1.29, 1.82) is 0 Å². The fraction of sp³-hybridized carbons (Fsp3) is 0.429. The van der Waals surface area contributed by atoms with E-state index in [0.717, 1.165) is 13.1 Å². The summed E-state index contributed by atoms with van der Waals surface area (Å²) < 4.78 is 10.9. The topological polar surface area (TPSA) is 83.4 Å². The minimum atomic E-state index is -0.181. The molecule has 1 aliphatic rings. The first kappa shape index (κ1) is 16.7. The summed E-state index contributed by atoms with van der Waals surface area (Å²) in [6.45, 7) is 3.09. The van der Waals surface area contributed by atoms with Gasteiger partial charge in [0, 0.05) is 23.1 Å². The number of ether oxygens (including phenoxy) is 2. The van der Waals surface area contributed by atoms with E-state index in [9.17, 15) is 9.90 Å². The molecule has 0 radical (unpaired) electrons. The Balaban J connectivity index is 1.90. The molecule has 1 aromatic carbocycles. The molecule has 7 nitrogen and oxygen atoms in total. The van der Waals surface area contributed by atoms with Gasteiger partial charge in [0.1, 0.15) is 0 Å². The van der Waals surface area contributed by atoms with Gasteiger partial charge in [-0.05, 0) is 28.1 Å². The molecule has 1 fully saturated rings. The largest absolute Gasteiger partial charge is 0.504 e. The molecule has 120 valence electrons. The molecule has 0 atom stereocenters. The fourth-order valence-corrected chi connectivity index (χ4v) is 2.43. The van der Waals surface area contributed by atoms with Crippen molar-refractivity contribution in [2.75, 3.05) is 40.0 Å². The number of hydrazone groups is 1. The van der Waals surface area contributed by atoms with Gasteiger partial charge in [-0.2, -0.15) is 5.10 Å². The van der Waals surface area contributed by atoms with Crippen LogP contribution < -0.4 is 10.2 Å². The zero-order chi connectivity index (χ0) is 15.9. The maximum atomic E-state index is 11.8. The lowest BCUT2D eigenvalue weighted by Gasteiger charge is -2.25. The van der Waals surface area contributed by atoms with E-state index in [2.05, 4.69) is 26.5 Å². The number of hydrogen-bond acceptors (Lipinski definition) is 6. The predicted octanol–water partition coefficient (Wildman–Crippen LogP) is 0.946. The Hall–Kier alpha value is -1.64. The SMILES string of the molecule is COc1cc(/C=N/NC(=O)CN2CCOCC2)c(Br)cc1O. The van der Waals surface area contributed by atoms with Crippen LogP contribution in [-0.2, 0) is 9.53 Å². The minimum absolute atomic E-state index is 0.0304. The van der Waals surface area contributed by atoms with Crippen LogP contribution in [0.4, 0.5) is 0 Å². The molecule has 0 aromatic heterocycles. The number of phenolic OH excluding ortho intramolecular Hbond substituents is 1. The zero-order valence-electron chi connectivity index (χ0n) is 12.2. The van der Waals surface area contributed by atoms with Crippen LogP contribution in [0, 0.1) is 0 Å². The van der Waals surface area contributed by atoms with Crippen molar-refractivity contribution in [2.24, 2.45) is 5.10 Å². The van der Waals surface area contributed by atoms with Crippen LogP contribution in [0.3, 0.4) is 0 Å². The molecule has 0 bridgehead atoms. The highest BCUT2D eigenvalue weighted by Gasteiger charge is 2.13. The van der Waals surface area contributed by atoms with Gasteiger partial charge in [-0.25, -0.2) is 5.43 Å². The molecule has 0 saturated carbocycles. The standard InChI is InChI=1S/C14H18BrN3O4/c1-21-13-6-10(11(15)7-12(13)19)8-16-17-14(20)9-18-2-4-22-5-3-18/h6-8,19H,2-5,9H2,1H3,(H,17,20)/b16-8+. The third-order valence-corrected chi connectivity index (χ3v) is 3.85. The van der Waals surface area contributed by atoms with Crippen LogP contribution in [0.5, 0.6) is 11.5 Å². The first-order valence-electron chi connectivity index (χ1n) is 6.78. The number of carbonyl (C=O) groups excluding carboxylic acids is 1. The maximum absolute atomic E-state index is 11.8. The van der Waals surface area contributed by atoms with Crippen LogP contribution in [0.1, 0.15) is 5.56 Å². The number of methoxy groups -OCH3 is 1. The Kier molecular flexibility index (Phi) is 6.17. The summed E-state index contributed by atoms with van der Waals surface area (Å²) in [5, 5.41) is 13.6. The molecule has 1 heterocycles. The Morgan fingerprint density at radius 1 is 1.55 bits per heavy atom. The van der Waals surface area contributed by atoms with Gasteiger partial charge in [-0.15, -0.1) is 0 Å². The van der Waals surface area contributed by atoms with Crippen molar-refractivity contribution >= 4 is 28.1 Å². The second kappa shape index (κ2) is 8.11. The number of nitrogens with one attached hydrogen (secondary N) is 1. The number of amides is 1. The number of phenols is 1. The second-order valence-electron chi connectivity index (χ2n) is 4.73. The third-order valence-electron chi connectivity index (χ3n) is 3.16.